The Bertz CT molecular complexity index is 686. The maximum Gasteiger partial charge on any atom is 0.0451 e. The average molecular weight is 368 g/mol. The Morgan fingerprint density at radius 1 is 0.714 bits per heavy atom. The van der Waals surface area contributed by atoms with Crippen molar-refractivity contribution in [1.82, 2.24) is 0 Å². The highest BCUT2D eigenvalue weighted by Gasteiger charge is 2.35. The molecule has 0 fully saturated rings. The lowest BCUT2D eigenvalue weighted by molar-refractivity contribution is 0.424. The first-order chi connectivity index (χ1) is 13.3. The molecule has 0 heterocycles. The van der Waals surface area contributed by atoms with Gasteiger partial charge in [-0.15, -0.1) is 0 Å². The van der Waals surface area contributed by atoms with Crippen molar-refractivity contribution in [3.63, 3.8) is 0 Å². The third-order valence-corrected chi connectivity index (χ3v) is 5.87. The third-order valence-electron chi connectivity index (χ3n) is 5.87. The van der Waals surface area contributed by atoms with Crippen LogP contribution in [0.1, 0.15) is 49.3 Å². The van der Waals surface area contributed by atoms with Gasteiger partial charge in [0, 0.05) is 13.8 Å². The largest absolute Gasteiger partial charge is 0.330 e. The van der Waals surface area contributed by atoms with Gasteiger partial charge in [0.2, 0.25) is 0 Å². The van der Waals surface area contributed by atoms with Crippen LogP contribution in [0.3, 0.4) is 0 Å². The summed E-state index contributed by atoms with van der Waals surface area (Å²) in [5, 5.41) is 0. The quantitative estimate of drug-likeness (QED) is 0.375. The second-order valence-electron chi connectivity index (χ2n) is 7.41. The molecule has 1 unspecified atom stereocenters. The molecule has 0 bridgehead atoms. The highest BCUT2D eigenvalue weighted by atomic mass is 14.5. The van der Waals surface area contributed by atoms with Crippen molar-refractivity contribution in [3.8, 4) is 0 Å². The smallest absolute Gasteiger partial charge is 0.0451 e. The molecule has 1 atom stereocenters. The van der Waals surface area contributed by atoms with E-state index in [4.69, 9.17) is 5.73 Å². The number of benzene rings is 3. The topological polar surface area (TPSA) is 26.0 Å². The van der Waals surface area contributed by atoms with Crippen molar-refractivity contribution in [2.45, 2.75) is 38.0 Å². The van der Waals surface area contributed by atoms with Crippen LogP contribution in [-0.4, -0.2) is 15.0 Å². The molecule has 143 valence electrons. The lowest BCUT2D eigenvalue weighted by Gasteiger charge is -2.36. The maximum absolute atomic E-state index is 5.97. The third kappa shape index (κ3) is 4.74. The van der Waals surface area contributed by atoms with Crippen molar-refractivity contribution in [3.05, 3.63) is 108 Å². The Morgan fingerprint density at radius 3 is 1.43 bits per heavy atom. The van der Waals surface area contributed by atoms with Crippen LogP contribution in [0.25, 0.3) is 0 Å². The van der Waals surface area contributed by atoms with Gasteiger partial charge in [0.1, 0.15) is 0 Å². The monoisotopic (exact) mass is 368 g/mol. The van der Waals surface area contributed by atoms with E-state index in [-0.39, 0.29) is 13.8 Å². The number of hydrogen-bond acceptors (Lipinski definition) is 1. The van der Waals surface area contributed by atoms with E-state index in [1.807, 2.05) is 0 Å². The van der Waals surface area contributed by atoms with E-state index in [0.29, 0.717) is 5.92 Å². The van der Waals surface area contributed by atoms with Crippen molar-refractivity contribution in [1.29, 1.82) is 0 Å². The van der Waals surface area contributed by atoms with Gasteiger partial charge in [-0.1, -0.05) is 111 Å². The normalized spacial score (nSPS) is 12.2. The lowest BCUT2D eigenvalue weighted by Crippen LogP contribution is -2.30. The molecular formula is C26H31BN. The summed E-state index contributed by atoms with van der Waals surface area (Å²) in [5.74, 6) is 0.616. The van der Waals surface area contributed by atoms with Gasteiger partial charge in [0.15, 0.2) is 0 Å². The highest BCUT2D eigenvalue weighted by molar-refractivity contribution is 5.75. The summed E-state index contributed by atoms with van der Waals surface area (Å²) < 4.78 is 0. The van der Waals surface area contributed by atoms with Crippen LogP contribution in [0.4, 0.5) is 0 Å². The van der Waals surface area contributed by atoms with Gasteiger partial charge in [-0.2, -0.15) is 0 Å². The Kier molecular flexibility index (Phi) is 8.54. The Labute approximate surface area is 172 Å². The van der Waals surface area contributed by atoms with Crippen LogP contribution in [0.15, 0.2) is 91.0 Å². The summed E-state index contributed by atoms with van der Waals surface area (Å²) in [6, 6.07) is 32.9. The van der Waals surface area contributed by atoms with Gasteiger partial charge in [-0.3, -0.25) is 0 Å². The first kappa shape index (κ1) is 22.0. The zero-order valence-corrected chi connectivity index (χ0v) is 16.9. The second kappa shape index (κ2) is 10.9. The van der Waals surface area contributed by atoms with E-state index in [1.54, 1.807) is 0 Å². The van der Waals surface area contributed by atoms with Crippen LogP contribution in [0, 0.1) is 5.92 Å². The fraction of sp³-hybridized carbons (Fsp3) is 0.308. The van der Waals surface area contributed by atoms with Gasteiger partial charge >= 0.3 is 0 Å². The predicted molar refractivity (Wildman–Crippen MR) is 122 cm³/mol. The molecule has 2 heteroatoms. The molecule has 0 aliphatic rings. The summed E-state index contributed by atoms with van der Waals surface area (Å²) in [6.45, 7) is 3.03. The van der Waals surface area contributed by atoms with E-state index in [9.17, 15) is 0 Å². The molecule has 0 saturated carbocycles. The van der Waals surface area contributed by atoms with Crippen LogP contribution in [0.5, 0.6) is 0 Å². The number of rotatable bonds is 9. The maximum atomic E-state index is 5.97. The summed E-state index contributed by atoms with van der Waals surface area (Å²) in [4.78, 5) is 0. The number of hydrogen-bond donors (Lipinski definition) is 1. The zero-order chi connectivity index (χ0) is 19.0. The van der Waals surface area contributed by atoms with Gasteiger partial charge in [-0.25, -0.2) is 0 Å². The molecule has 2 N–H and O–H groups in total. The molecule has 0 saturated heterocycles. The Hall–Kier alpha value is -2.32. The second-order valence-corrected chi connectivity index (χ2v) is 7.41. The summed E-state index contributed by atoms with van der Waals surface area (Å²) >= 11 is 0. The summed E-state index contributed by atoms with van der Waals surface area (Å²) in [6.07, 6.45) is 4.59. The number of nitrogens with two attached hydrogens (primary N) is 1. The van der Waals surface area contributed by atoms with Gasteiger partial charge in [0.25, 0.3) is 0 Å². The van der Waals surface area contributed by atoms with Gasteiger partial charge < -0.3 is 5.73 Å². The fourth-order valence-corrected chi connectivity index (χ4v) is 4.25. The first-order valence-electron chi connectivity index (χ1n) is 10.2. The van der Waals surface area contributed by atoms with Gasteiger partial charge in [0.05, 0.1) is 0 Å². The van der Waals surface area contributed by atoms with Crippen LogP contribution in [-0.2, 0) is 5.41 Å². The molecule has 28 heavy (non-hydrogen) atoms. The van der Waals surface area contributed by atoms with E-state index in [1.165, 1.54) is 23.1 Å². The molecule has 3 aromatic rings. The molecular weight excluding hydrogens is 337 g/mol. The lowest BCUT2D eigenvalue weighted by atomic mass is 9.66. The van der Waals surface area contributed by atoms with Crippen LogP contribution >= 0.6 is 0 Å². The van der Waals surface area contributed by atoms with E-state index >= 15 is 0 Å². The minimum absolute atomic E-state index is 0. The summed E-state index contributed by atoms with van der Waals surface area (Å²) in [7, 11) is 0. The van der Waals surface area contributed by atoms with Crippen LogP contribution < -0.4 is 5.73 Å². The molecule has 0 aliphatic carbocycles. The minimum Gasteiger partial charge on any atom is -0.330 e. The predicted octanol–water partition coefficient (Wildman–Crippen LogP) is 5.80. The molecule has 0 spiro atoms. The zero-order valence-electron chi connectivity index (χ0n) is 16.9. The van der Waals surface area contributed by atoms with E-state index in [0.717, 1.165) is 25.8 Å². The van der Waals surface area contributed by atoms with Crippen molar-refractivity contribution in [2.75, 3.05) is 6.54 Å². The molecule has 0 aliphatic heterocycles. The van der Waals surface area contributed by atoms with E-state index in [2.05, 4.69) is 97.9 Å². The van der Waals surface area contributed by atoms with Crippen molar-refractivity contribution in [2.24, 2.45) is 11.7 Å². The highest BCUT2D eigenvalue weighted by Crippen LogP contribution is 2.43. The minimum atomic E-state index is -0.128. The average Bonchev–Trinajstić information content (AvgIpc) is 2.76. The summed E-state index contributed by atoms with van der Waals surface area (Å²) in [5.41, 5.74) is 9.93. The van der Waals surface area contributed by atoms with Gasteiger partial charge in [-0.05, 0) is 42.0 Å². The first-order valence-corrected chi connectivity index (χ1v) is 10.2. The SMILES string of the molecule is CCC(CN)CCCC(c1ccccc1)(c1ccccc1)c1ccccc1.[B]. The standard InChI is InChI=1S/C26H31N.B/c1-2-22(21-27)13-12-20-26(23-14-6-3-7-15-23,24-16-8-4-9-17-24)25-18-10-5-11-19-25;/h3-11,14-19,22H,2,12-13,20-21,27H2,1H3;. The van der Waals surface area contributed by atoms with E-state index < -0.39 is 0 Å². The molecule has 1 nitrogen and oxygen atoms in total. The molecule has 3 aromatic carbocycles. The Morgan fingerprint density at radius 2 is 1.11 bits per heavy atom. The molecule has 0 aromatic heterocycles. The molecule has 0 amide bonds. The molecule has 3 radical (unpaired) electrons. The molecule has 3 rings (SSSR count). The van der Waals surface area contributed by atoms with Crippen LogP contribution in [0.2, 0.25) is 0 Å². The van der Waals surface area contributed by atoms with Crippen molar-refractivity contribution >= 4 is 8.41 Å². The fourth-order valence-electron chi connectivity index (χ4n) is 4.25. The Balaban J connectivity index is 0.00000280. The van der Waals surface area contributed by atoms with Crippen molar-refractivity contribution < 1.29 is 0 Å².